The summed E-state index contributed by atoms with van der Waals surface area (Å²) < 4.78 is 0. The summed E-state index contributed by atoms with van der Waals surface area (Å²) in [7, 11) is 0. The van der Waals surface area contributed by atoms with Crippen LogP contribution in [0.25, 0.3) is 0 Å². The number of nitrogens with zero attached hydrogens (tertiary/aromatic N) is 1. The average molecular weight is 268 g/mol. The number of hydrogen-bond acceptors (Lipinski definition) is 2. The predicted octanol–water partition coefficient (Wildman–Crippen LogP) is 3.98. The molecule has 2 rings (SSSR count). The molecule has 20 heavy (non-hydrogen) atoms. The fourth-order valence-corrected chi connectivity index (χ4v) is 2.27. The van der Waals surface area contributed by atoms with Gasteiger partial charge in [-0.2, -0.15) is 0 Å². The Morgan fingerprint density at radius 1 is 1.05 bits per heavy atom. The molecule has 1 unspecified atom stereocenters. The first-order valence-corrected chi connectivity index (χ1v) is 7.40. The van der Waals surface area contributed by atoms with E-state index in [1.54, 1.807) is 0 Å². The van der Waals surface area contributed by atoms with Gasteiger partial charge >= 0.3 is 0 Å². The van der Waals surface area contributed by atoms with E-state index in [1.807, 2.05) is 13.1 Å². The summed E-state index contributed by atoms with van der Waals surface area (Å²) in [5, 5.41) is 3.63. The second-order valence-electron chi connectivity index (χ2n) is 5.43. The maximum atomic E-state index is 4.42. The van der Waals surface area contributed by atoms with Crippen LogP contribution in [0.5, 0.6) is 0 Å². The molecule has 0 bridgehead atoms. The third-order valence-electron chi connectivity index (χ3n) is 3.54. The van der Waals surface area contributed by atoms with E-state index in [4.69, 9.17) is 0 Å². The Kier molecular flexibility index (Phi) is 5.31. The van der Waals surface area contributed by atoms with E-state index in [9.17, 15) is 0 Å². The number of pyridine rings is 1. The second-order valence-corrected chi connectivity index (χ2v) is 5.43. The predicted molar refractivity (Wildman–Crippen MR) is 84.9 cm³/mol. The van der Waals surface area contributed by atoms with Crippen molar-refractivity contribution >= 4 is 0 Å². The average Bonchev–Trinajstić information content (AvgIpc) is 2.46. The number of aromatic nitrogens is 1. The Hall–Kier alpha value is -1.67. The highest BCUT2D eigenvalue weighted by Crippen LogP contribution is 2.18. The van der Waals surface area contributed by atoms with Gasteiger partial charge in [0.25, 0.3) is 0 Å². The van der Waals surface area contributed by atoms with E-state index < -0.39 is 0 Å². The lowest BCUT2D eigenvalue weighted by Crippen LogP contribution is -2.24. The maximum absolute atomic E-state index is 4.42. The first kappa shape index (κ1) is 14.7. The first-order chi connectivity index (χ1) is 9.69. The molecule has 1 aromatic carbocycles. The van der Waals surface area contributed by atoms with Gasteiger partial charge in [-0.05, 0) is 50.4 Å². The minimum atomic E-state index is 0.339. The molecule has 0 spiro atoms. The topological polar surface area (TPSA) is 24.9 Å². The van der Waals surface area contributed by atoms with Crippen LogP contribution in [-0.2, 0) is 6.42 Å². The fourth-order valence-electron chi connectivity index (χ4n) is 2.27. The highest BCUT2D eigenvalue weighted by Gasteiger charge is 2.11. The second kappa shape index (κ2) is 7.20. The lowest BCUT2D eigenvalue weighted by molar-refractivity contribution is 0.527. The van der Waals surface area contributed by atoms with Crippen LogP contribution >= 0.6 is 0 Å². The number of aryl methyl sites for hydroxylation is 2. The highest BCUT2D eigenvalue weighted by molar-refractivity contribution is 5.25. The highest BCUT2D eigenvalue weighted by atomic mass is 14.9. The third kappa shape index (κ3) is 4.17. The summed E-state index contributed by atoms with van der Waals surface area (Å²) in [6.07, 6.45) is 4.14. The summed E-state index contributed by atoms with van der Waals surface area (Å²) in [6, 6.07) is 13.4. The smallest absolute Gasteiger partial charge is 0.0376 e. The molecule has 2 nitrogen and oxygen atoms in total. The van der Waals surface area contributed by atoms with Crippen molar-refractivity contribution in [1.82, 2.24) is 10.3 Å². The van der Waals surface area contributed by atoms with E-state index in [0.29, 0.717) is 6.04 Å². The van der Waals surface area contributed by atoms with Crippen molar-refractivity contribution in [1.29, 1.82) is 0 Å². The largest absolute Gasteiger partial charge is 0.310 e. The lowest BCUT2D eigenvalue weighted by atomic mass is 9.99. The van der Waals surface area contributed by atoms with Gasteiger partial charge in [-0.15, -0.1) is 0 Å². The molecule has 1 heterocycles. The van der Waals surface area contributed by atoms with Gasteiger partial charge in [-0.25, -0.2) is 0 Å². The Morgan fingerprint density at radius 3 is 2.40 bits per heavy atom. The molecule has 2 aromatic rings. The van der Waals surface area contributed by atoms with Crippen LogP contribution in [0, 0.1) is 13.8 Å². The Balaban J connectivity index is 2.14. The third-order valence-corrected chi connectivity index (χ3v) is 3.54. The van der Waals surface area contributed by atoms with Gasteiger partial charge in [-0.3, -0.25) is 4.98 Å². The minimum absolute atomic E-state index is 0.339. The monoisotopic (exact) mass is 268 g/mol. The van der Waals surface area contributed by atoms with Crippen LogP contribution < -0.4 is 5.32 Å². The summed E-state index contributed by atoms with van der Waals surface area (Å²) in [6.45, 7) is 7.38. The normalized spacial score (nSPS) is 12.3. The summed E-state index contributed by atoms with van der Waals surface area (Å²) >= 11 is 0. The molecule has 0 fully saturated rings. The molecule has 0 aliphatic heterocycles. The van der Waals surface area contributed by atoms with Crippen molar-refractivity contribution in [3.63, 3.8) is 0 Å². The zero-order valence-corrected chi connectivity index (χ0v) is 12.7. The van der Waals surface area contributed by atoms with Gasteiger partial charge in [-0.1, -0.05) is 42.8 Å². The van der Waals surface area contributed by atoms with Crippen molar-refractivity contribution in [2.75, 3.05) is 6.54 Å². The van der Waals surface area contributed by atoms with Crippen LogP contribution in [-0.4, -0.2) is 11.5 Å². The number of rotatable bonds is 6. The molecule has 0 radical (unpaired) electrons. The van der Waals surface area contributed by atoms with Gasteiger partial charge < -0.3 is 5.32 Å². The number of hydrogen-bond donors (Lipinski definition) is 1. The zero-order chi connectivity index (χ0) is 14.4. The molecule has 0 aliphatic rings. The van der Waals surface area contributed by atoms with Crippen molar-refractivity contribution in [2.45, 2.75) is 39.7 Å². The molecular weight excluding hydrogens is 244 g/mol. The standard InChI is InChI=1S/C18H24N2/c1-4-11-19-18(17-10-7-15(3)20-13-17)12-16-8-5-14(2)6-9-16/h5-10,13,18-19H,4,11-12H2,1-3H3. The zero-order valence-electron chi connectivity index (χ0n) is 12.7. The van der Waals surface area contributed by atoms with Gasteiger partial charge in [0.1, 0.15) is 0 Å². The Morgan fingerprint density at radius 2 is 1.80 bits per heavy atom. The molecule has 1 atom stereocenters. The Labute approximate surface area is 122 Å². The molecular formula is C18H24N2. The fraction of sp³-hybridized carbons (Fsp3) is 0.389. The summed E-state index contributed by atoms with van der Waals surface area (Å²) in [5.74, 6) is 0. The van der Waals surface area contributed by atoms with Gasteiger partial charge in [0.05, 0.1) is 0 Å². The quantitative estimate of drug-likeness (QED) is 0.857. The van der Waals surface area contributed by atoms with Crippen molar-refractivity contribution in [3.05, 3.63) is 65.0 Å². The molecule has 1 aromatic heterocycles. The molecule has 0 saturated heterocycles. The Bertz CT molecular complexity index is 514. The molecule has 0 aliphatic carbocycles. The number of nitrogens with one attached hydrogen (secondary N) is 1. The van der Waals surface area contributed by atoms with Crippen LogP contribution in [0.3, 0.4) is 0 Å². The first-order valence-electron chi connectivity index (χ1n) is 7.40. The van der Waals surface area contributed by atoms with E-state index in [1.165, 1.54) is 16.7 Å². The van der Waals surface area contributed by atoms with Crippen LogP contribution in [0.4, 0.5) is 0 Å². The van der Waals surface area contributed by atoms with Crippen molar-refractivity contribution in [2.24, 2.45) is 0 Å². The molecule has 2 heteroatoms. The summed E-state index contributed by atoms with van der Waals surface area (Å²) in [4.78, 5) is 4.42. The summed E-state index contributed by atoms with van der Waals surface area (Å²) in [5.41, 5.74) is 5.01. The van der Waals surface area contributed by atoms with Crippen LogP contribution in [0.2, 0.25) is 0 Å². The minimum Gasteiger partial charge on any atom is -0.310 e. The maximum Gasteiger partial charge on any atom is 0.0376 e. The van der Waals surface area contributed by atoms with E-state index in [2.05, 4.69) is 60.5 Å². The molecule has 1 N–H and O–H groups in total. The van der Waals surface area contributed by atoms with E-state index in [0.717, 1.165) is 25.1 Å². The lowest BCUT2D eigenvalue weighted by Gasteiger charge is -2.19. The SMILES string of the molecule is CCCNC(Cc1ccc(C)cc1)c1ccc(C)nc1. The van der Waals surface area contributed by atoms with Gasteiger partial charge in [0.2, 0.25) is 0 Å². The van der Waals surface area contributed by atoms with Gasteiger partial charge in [0.15, 0.2) is 0 Å². The van der Waals surface area contributed by atoms with Crippen LogP contribution in [0.1, 0.15) is 41.8 Å². The molecule has 0 amide bonds. The molecule has 106 valence electrons. The van der Waals surface area contributed by atoms with Crippen LogP contribution in [0.15, 0.2) is 42.6 Å². The van der Waals surface area contributed by atoms with Gasteiger partial charge in [0, 0.05) is 17.9 Å². The van der Waals surface area contributed by atoms with Crippen molar-refractivity contribution < 1.29 is 0 Å². The van der Waals surface area contributed by atoms with Crippen molar-refractivity contribution in [3.8, 4) is 0 Å². The van der Waals surface area contributed by atoms with E-state index in [-0.39, 0.29) is 0 Å². The van der Waals surface area contributed by atoms with E-state index >= 15 is 0 Å². The molecule has 0 saturated carbocycles. The number of benzene rings is 1.